The van der Waals surface area contributed by atoms with Gasteiger partial charge >= 0.3 is 0 Å². The number of rotatable bonds is 5. The van der Waals surface area contributed by atoms with Crippen LogP contribution in [0.4, 0.5) is 0 Å². The average molecular weight is 400 g/mol. The van der Waals surface area contributed by atoms with Gasteiger partial charge in [-0.1, -0.05) is 18.2 Å². The Morgan fingerprint density at radius 1 is 0.966 bits per heavy atom. The summed E-state index contributed by atoms with van der Waals surface area (Å²) in [5.74, 6) is 0.0351. The van der Waals surface area contributed by atoms with Crippen molar-refractivity contribution in [3.63, 3.8) is 0 Å². The maximum absolute atomic E-state index is 12.6. The molecule has 0 aliphatic carbocycles. The summed E-state index contributed by atoms with van der Waals surface area (Å²) >= 11 is 1.65. The Balaban J connectivity index is 1.58. The van der Waals surface area contributed by atoms with Crippen LogP contribution >= 0.6 is 11.3 Å². The second-order valence-electron chi connectivity index (χ2n) is 7.11. The zero-order valence-corrected chi connectivity index (χ0v) is 17.5. The molecular formula is C24H21N3OS. The third-order valence-electron chi connectivity index (χ3n) is 4.97. The normalized spacial score (nSPS) is 10.9. The standard InChI is InChI=1S/C24H21N3OS/c1-15-4-5-18(23-14-29-17(3)27-23)10-21(15)19-6-7-20(26-12-19)11-24(28)22-13-25-9-8-16(22)2/h4-10,12-14H,11H2,1-3H3. The number of pyridine rings is 2. The number of aromatic nitrogens is 3. The lowest BCUT2D eigenvalue weighted by molar-refractivity contribution is 0.0991. The summed E-state index contributed by atoms with van der Waals surface area (Å²) < 4.78 is 0. The number of ketones is 1. The molecule has 5 heteroatoms. The zero-order chi connectivity index (χ0) is 20.4. The van der Waals surface area contributed by atoms with Gasteiger partial charge in [0.25, 0.3) is 0 Å². The van der Waals surface area contributed by atoms with Gasteiger partial charge in [-0.15, -0.1) is 11.3 Å². The molecule has 0 bridgehead atoms. The number of nitrogens with zero attached hydrogens (tertiary/aromatic N) is 3. The lowest BCUT2D eigenvalue weighted by Gasteiger charge is -2.09. The van der Waals surface area contributed by atoms with E-state index < -0.39 is 0 Å². The largest absolute Gasteiger partial charge is 0.294 e. The van der Waals surface area contributed by atoms with Gasteiger partial charge in [0, 0.05) is 46.4 Å². The van der Waals surface area contributed by atoms with E-state index in [2.05, 4.69) is 45.5 Å². The van der Waals surface area contributed by atoms with E-state index in [0.29, 0.717) is 5.56 Å². The number of benzene rings is 1. The SMILES string of the molecule is Cc1nc(-c2ccc(C)c(-c3ccc(CC(=O)c4cnccc4C)nc3)c2)cs1. The Morgan fingerprint density at radius 2 is 1.79 bits per heavy atom. The second-order valence-corrected chi connectivity index (χ2v) is 8.17. The first-order valence-electron chi connectivity index (χ1n) is 9.43. The van der Waals surface area contributed by atoms with Crippen molar-refractivity contribution >= 4 is 17.1 Å². The van der Waals surface area contributed by atoms with Crippen LogP contribution in [0.2, 0.25) is 0 Å². The maximum Gasteiger partial charge on any atom is 0.170 e. The average Bonchev–Trinajstić information content (AvgIpc) is 3.16. The predicted molar refractivity (Wildman–Crippen MR) is 117 cm³/mol. The number of carbonyl (C=O) groups is 1. The molecule has 0 saturated carbocycles. The van der Waals surface area contributed by atoms with Crippen LogP contribution in [-0.2, 0) is 6.42 Å². The van der Waals surface area contributed by atoms with Crippen LogP contribution in [0.1, 0.15) is 32.2 Å². The van der Waals surface area contributed by atoms with E-state index in [1.165, 1.54) is 5.56 Å². The second kappa shape index (κ2) is 8.05. The molecule has 144 valence electrons. The molecule has 3 heterocycles. The highest BCUT2D eigenvalue weighted by molar-refractivity contribution is 7.09. The number of hydrogen-bond donors (Lipinski definition) is 0. The van der Waals surface area contributed by atoms with Crippen molar-refractivity contribution in [1.82, 2.24) is 15.0 Å². The van der Waals surface area contributed by atoms with Crippen molar-refractivity contribution in [2.24, 2.45) is 0 Å². The molecule has 0 aliphatic rings. The van der Waals surface area contributed by atoms with Gasteiger partial charge in [0.05, 0.1) is 17.1 Å². The minimum Gasteiger partial charge on any atom is -0.294 e. The first kappa shape index (κ1) is 19.2. The van der Waals surface area contributed by atoms with Gasteiger partial charge in [0.15, 0.2) is 5.78 Å². The zero-order valence-electron chi connectivity index (χ0n) is 16.6. The molecule has 0 fully saturated rings. The van der Waals surface area contributed by atoms with E-state index in [1.807, 2.05) is 38.2 Å². The molecule has 0 saturated heterocycles. The molecule has 0 spiro atoms. The third-order valence-corrected chi connectivity index (χ3v) is 5.74. The van der Waals surface area contributed by atoms with E-state index in [0.717, 1.165) is 38.6 Å². The van der Waals surface area contributed by atoms with Crippen LogP contribution in [0.25, 0.3) is 22.4 Å². The van der Waals surface area contributed by atoms with E-state index in [1.54, 1.807) is 23.7 Å². The molecule has 0 unspecified atom stereocenters. The summed E-state index contributed by atoms with van der Waals surface area (Å²) in [7, 11) is 0. The fourth-order valence-electron chi connectivity index (χ4n) is 3.29. The molecule has 0 N–H and O–H groups in total. The molecule has 4 nitrogen and oxygen atoms in total. The Morgan fingerprint density at radius 3 is 2.48 bits per heavy atom. The lowest BCUT2D eigenvalue weighted by atomic mass is 9.97. The van der Waals surface area contributed by atoms with E-state index in [4.69, 9.17) is 0 Å². The first-order valence-corrected chi connectivity index (χ1v) is 10.3. The molecule has 0 radical (unpaired) electrons. The Hall–Kier alpha value is -3.18. The smallest absolute Gasteiger partial charge is 0.170 e. The third kappa shape index (κ3) is 4.15. The molecule has 4 rings (SSSR count). The van der Waals surface area contributed by atoms with Crippen molar-refractivity contribution in [2.45, 2.75) is 27.2 Å². The lowest BCUT2D eigenvalue weighted by Crippen LogP contribution is -2.07. The summed E-state index contributed by atoms with van der Waals surface area (Å²) in [6, 6.07) is 12.2. The molecular weight excluding hydrogens is 378 g/mol. The van der Waals surface area contributed by atoms with Crippen molar-refractivity contribution < 1.29 is 4.79 Å². The number of thiazole rings is 1. The van der Waals surface area contributed by atoms with Crippen LogP contribution in [0.5, 0.6) is 0 Å². The summed E-state index contributed by atoms with van der Waals surface area (Å²) in [6.45, 7) is 6.03. The molecule has 0 atom stereocenters. The maximum atomic E-state index is 12.6. The quantitative estimate of drug-likeness (QED) is 0.409. The predicted octanol–water partition coefficient (Wildman–Crippen LogP) is 5.62. The van der Waals surface area contributed by atoms with Gasteiger partial charge < -0.3 is 0 Å². The summed E-state index contributed by atoms with van der Waals surface area (Å²) in [6.07, 6.45) is 5.44. The van der Waals surface area contributed by atoms with E-state index in [-0.39, 0.29) is 12.2 Å². The summed E-state index contributed by atoms with van der Waals surface area (Å²) in [5, 5.41) is 3.14. The molecule has 3 aromatic heterocycles. The van der Waals surface area contributed by atoms with Gasteiger partial charge in [-0.25, -0.2) is 4.98 Å². The highest BCUT2D eigenvalue weighted by Crippen LogP contribution is 2.29. The Labute approximate surface area is 174 Å². The minimum atomic E-state index is 0.0351. The van der Waals surface area contributed by atoms with Crippen molar-refractivity contribution in [3.8, 4) is 22.4 Å². The van der Waals surface area contributed by atoms with Crippen molar-refractivity contribution in [3.05, 3.63) is 87.8 Å². The van der Waals surface area contributed by atoms with Crippen LogP contribution in [0.3, 0.4) is 0 Å². The Kier molecular flexibility index (Phi) is 5.32. The molecule has 0 aliphatic heterocycles. The first-order chi connectivity index (χ1) is 14.0. The highest BCUT2D eigenvalue weighted by Gasteiger charge is 2.12. The number of Topliss-reactive ketones (excluding diaryl/α,β-unsaturated/α-hetero) is 1. The Bertz CT molecular complexity index is 1180. The van der Waals surface area contributed by atoms with Crippen molar-refractivity contribution in [2.75, 3.05) is 0 Å². The fourth-order valence-corrected chi connectivity index (χ4v) is 3.91. The number of aryl methyl sites for hydroxylation is 3. The van der Waals surface area contributed by atoms with Crippen LogP contribution < -0.4 is 0 Å². The number of hydrogen-bond acceptors (Lipinski definition) is 5. The van der Waals surface area contributed by atoms with Crippen LogP contribution in [0, 0.1) is 20.8 Å². The van der Waals surface area contributed by atoms with Gasteiger partial charge in [-0.2, -0.15) is 0 Å². The molecule has 4 aromatic rings. The van der Waals surface area contributed by atoms with Crippen LogP contribution in [0.15, 0.2) is 60.4 Å². The van der Waals surface area contributed by atoms with E-state index in [9.17, 15) is 4.79 Å². The van der Waals surface area contributed by atoms with E-state index >= 15 is 0 Å². The van der Waals surface area contributed by atoms with Gasteiger partial charge in [0.2, 0.25) is 0 Å². The topological polar surface area (TPSA) is 55.7 Å². The molecule has 1 aromatic carbocycles. The number of carbonyl (C=O) groups excluding carboxylic acids is 1. The molecule has 29 heavy (non-hydrogen) atoms. The summed E-state index contributed by atoms with van der Waals surface area (Å²) in [5.41, 5.74) is 7.78. The van der Waals surface area contributed by atoms with Gasteiger partial charge in [0.1, 0.15) is 0 Å². The van der Waals surface area contributed by atoms with Gasteiger partial charge in [-0.3, -0.25) is 14.8 Å². The minimum absolute atomic E-state index is 0.0351. The highest BCUT2D eigenvalue weighted by atomic mass is 32.1. The van der Waals surface area contributed by atoms with Crippen LogP contribution in [-0.4, -0.2) is 20.7 Å². The monoisotopic (exact) mass is 399 g/mol. The summed E-state index contributed by atoms with van der Waals surface area (Å²) in [4.78, 5) is 25.8. The fraction of sp³-hybridized carbons (Fsp3) is 0.167. The van der Waals surface area contributed by atoms with Gasteiger partial charge in [-0.05, 0) is 55.7 Å². The van der Waals surface area contributed by atoms with Crippen molar-refractivity contribution in [1.29, 1.82) is 0 Å². The molecule has 0 amide bonds.